The van der Waals surface area contributed by atoms with Gasteiger partial charge in [-0.2, -0.15) is 0 Å². The van der Waals surface area contributed by atoms with Crippen molar-refractivity contribution in [3.8, 4) is 0 Å². The molecule has 1 heterocycles. The molecular weight excluding hydrogens is 288 g/mol. The molecule has 2 N–H and O–H groups in total. The summed E-state index contributed by atoms with van der Waals surface area (Å²) in [6, 6.07) is 9.62. The number of amides is 1. The van der Waals surface area contributed by atoms with Gasteiger partial charge in [0.05, 0.1) is 0 Å². The lowest BCUT2D eigenvalue weighted by Gasteiger charge is -2.09. The highest BCUT2D eigenvalue weighted by atomic mass is 16.1. The fraction of sp³-hybridized carbons (Fsp3) is 0.389. The Hall–Kier alpha value is -2.43. The van der Waals surface area contributed by atoms with E-state index in [4.69, 9.17) is 0 Å². The second-order valence-corrected chi connectivity index (χ2v) is 5.98. The number of carbonyl (C=O) groups excluding carboxylic acids is 1. The van der Waals surface area contributed by atoms with Crippen molar-refractivity contribution in [2.24, 2.45) is 5.92 Å². The van der Waals surface area contributed by atoms with Gasteiger partial charge in [-0.05, 0) is 36.5 Å². The molecule has 2 aromatic rings. The van der Waals surface area contributed by atoms with Gasteiger partial charge in [-0.25, -0.2) is 9.97 Å². The van der Waals surface area contributed by atoms with E-state index < -0.39 is 0 Å². The van der Waals surface area contributed by atoms with E-state index in [1.165, 1.54) is 0 Å². The number of nitrogens with zero attached hydrogens (tertiary/aromatic N) is 2. The van der Waals surface area contributed by atoms with Crippen LogP contribution in [0.5, 0.6) is 0 Å². The number of hydrogen-bond acceptors (Lipinski definition) is 4. The monoisotopic (exact) mass is 312 g/mol. The second kappa shape index (κ2) is 8.27. The highest BCUT2D eigenvalue weighted by Crippen LogP contribution is 2.07. The van der Waals surface area contributed by atoms with Crippen molar-refractivity contribution >= 4 is 11.9 Å². The minimum absolute atomic E-state index is 0.192. The first kappa shape index (κ1) is 16.9. The molecule has 0 saturated carbocycles. The van der Waals surface area contributed by atoms with Crippen LogP contribution in [0.1, 0.15) is 41.9 Å². The maximum absolute atomic E-state index is 12.2. The van der Waals surface area contributed by atoms with Crippen LogP contribution >= 0.6 is 0 Å². The number of benzene rings is 1. The Bertz CT molecular complexity index is 655. The standard InChI is InChI=1S/C18H24N4O/c1-13(2)8-10-19-18-20-11-9-16(22-18)17(23)21-12-15-7-5-4-6-14(15)3/h4-7,9,11,13H,8,10,12H2,1-3H3,(H,21,23)(H,19,20,22). The fourth-order valence-electron chi connectivity index (χ4n) is 2.12. The highest BCUT2D eigenvalue weighted by molar-refractivity contribution is 5.92. The zero-order valence-corrected chi connectivity index (χ0v) is 14.0. The number of nitrogens with one attached hydrogen (secondary N) is 2. The molecule has 0 aliphatic carbocycles. The number of carbonyl (C=O) groups is 1. The Labute approximate surface area is 137 Å². The number of aryl methyl sites for hydroxylation is 1. The van der Waals surface area contributed by atoms with Crippen molar-refractivity contribution in [1.29, 1.82) is 0 Å². The first-order valence-electron chi connectivity index (χ1n) is 7.96. The van der Waals surface area contributed by atoms with E-state index >= 15 is 0 Å². The molecule has 0 saturated heterocycles. The number of anilines is 1. The van der Waals surface area contributed by atoms with Crippen LogP contribution < -0.4 is 10.6 Å². The van der Waals surface area contributed by atoms with Crippen molar-refractivity contribution in [2.75, 3.05) is 11.9 Å². The minimum atomic E-state index is -0.192. The van der Waals surface area contributed by atoms with Crippen molar-refractivity contribution in [3.05, 3.63) is 53.3 Å². The minimum Gasteiger partial charge on any atom is -0.354 e. The molecule has 0 radical (unpaired) electrons. The van der Waals surface area contributed by atoms with Crippen LogP contribution in [-0.4, -0.2) is 22.4 Å². The van der Waals surface area contributed by atoms with E-state index in [-0.39, 0.29) is 5.91 Å². The summed E-state index contributed by atoms with van der Waals surface area (Å²) in [6.45, 7) is 7.65. The smallest absolute Gasteiger partial charge is 0.270 e. The summed E-state index contributed by atoms with van der Waals surface area (Å²) >= 11 is 0. The number of hydrogen-bond donors (Lipinski definition) is 2. The lowest BCUT2D eigenvalue weighted by Crippen LogP contribution is -2.24. The molecule has 0 bridgehead atoms. The zero-order chi connectivity index (χ0) is 16.7. The summed E-state index contributed by atoms with van der Waals surface area (Å²) in [4.78, 5) is 20.7. The SMILES string of the molecule is Cc1ccccc1CNC(=O)c1ccnc(NCCC(C)C)n1. The van der Waals surface area contributed by atoms with Gasteiger partial charge in [-0.3, -0.25) is 4.79 Å². The molecule has 0 atom stereocenters. The van der Waals surface area contributed by atoms with E-state index in [0.29, 0.717) is 24.1 Å². The third-order valence-corrected chi connectivity index (χ3v) is 3.59. The largest absolute Gasteiger partial charge is 0.354 e. The lowest BCUT2D eigenvalue weighted by atomic mass is 10.1. The summed E-state index contributed by atoms with van der Waals surface area (Å²) in [7, 11) is 0. The van der Waals surface area contributed by atoms with Gasteiger partial charge >= 0.3 is 0 Å². The van der Waals surface area contributed by atoms with E-state index in [9.17, 15) is 4.79 Å². The average Bonchev–Trinajstić information content (AvgIpc) is 2.54. The van der Waals surface area contributed by atoms with E-state index in [1.54, 1.807) is 12.3 Å². The molecule has 1 amide bonds. The molecule has 5 heteroatoms. The average molecular weight is 312 g/mol. The van der Waals surface area contributed by atoms with Gasteiger partial charge in [0.1, 0.15) is 5.69 Å². The normalized spacial score (nSPS) is 10.6. The van der Waals surface area contributed by atoms with Crippen LogP contribution in [-0.2, 0) is 6.54 Å². The van der Waals surface area contributed by atoms with Gasteiger partial charge < -0.3 is 10.6 Å². The van der Waals surface area contributed by atoms with Gasteiger partial charge in [0.2, 0.25) is 5.95 Å². The maximum atomic E-state index is 12.2. The molecule has 0 unspecified atom stereocenters. The molecule has 1 aromatic carbocycles. The summed E-state index contributed by atoms with van der Waals surface area (Å²) in [5, 5.41) is 6.05. The third-order valence-electron chi connectivity index (χ3n) is 3.59. The fourth-order valence-corrected chi connectivity index (χ4v) is 2.12. The van der Waals surface area contributed by atoms with Gasteiger partial charge in [0, 0.05) is 19.3 Å². The molecule has 2 rings (SSSR count). The van der Waals surface area contributed by atoms with E-state index in [1.807, 2.05) is 31.2 Å². The molecule has 0 aliphatic rings. The summed E-state index contributed by atoms with van der Waals surface area (Å²) in [5.74, 6) is 0.917. The molecule has 0 aliphatic heterocycles. The Morgan fingerprint density at radius 3 is 2.74 bits per heavy atom. The summed E-state index contributed by atoms with van der Waals surface area (Å²) < 4.78 is 0. The van der Waals surface area contributed by atoms with Gasteiger partial charge in [-0.15, -0.1) is 0 Å². The number of aromatic nitrogens is 2. The Morgan fingerprint density at radius 2 is 2.00 bits per heavy atom. The lowest BCUT2D eigenvalue weighted by molar-refractivity contribution is 0.0946. The summed E-state index contributed by atoms with van der Waals surface area (Å²) in [5.41, 5.74) is 2.64. The van der Waals surface area contributed by atoms with Crippen molar-refractivity contribution in [3.63, 3.8) is 0 Å². The molecule has 23 heavy (non-hydrogen) atoms. The highest BCUT2D eigenvalue weighted by Gasteiger charge is 2.09. The number of rotatable bonds is 7. The molecule has 0 fully saturated rings. The third kappa shape index (κ3) is 5.36. The first-order chi connectivity index (χ1) is 11.1. The van der Waals surface area contributed by atoms with Crippen LogP contribution in [0.4, 0.5) is 5.95 Å². The molecule has 1 aromatic heterocycles. The van der Waals surface area contributed by atoms with Crippen LogP contribution in [0.25, 0.3) is 0 Å². The molecule has 0 spiro atoms. The van der Waals surface area contributed by atoms with E-state index in [0.717, 1.165) is 24.1 Å². The Kier molecular flexibility index (Phi) is 6.09. The van der Waals surface area contributed by atoms with E-state index in [2.05, 4.69) is 34.4 Å². The maximum Gasteiger partial charge on any atom is 0.270 e. The van der Waals surface area contributed by atoms with Crippen molar-refractivity contribution in [2.45, 2.75) is 33.7 Å². The van der Waals surface area contributed by atoms with Crippen molar-refractivity contribution in [1.82, 2.24) is 15.3 Å². The van der Waals surface area contributed by atoms with Crippen molar-refractivity contribution < 1.29 is 4.79 Å². The molecule has 5 nitrogen and oxygen atoms in total. The summed E-state index contributed by atoms with van der Waals surface area (Å²) in [6.07, 6.45) is 2.64. The Morgan fingerprint density at radius 1 is 1.22 bits per heavy atom. The molecular formula is C18H24N4O. The van der Waals surface area contributed by atoms with Crippen LogP contribution in [0.2, 0.25) is 0 Å². The van der Waals surface area contributed by atoms with Crippen LogP contribution in [0.3, 0.4) is 0 Å². The zero-order valence-electron chi connectivity index (χ0n) is 14.0. The first-order valence-corrected chi connectivity index (χ1v) is 7.96. The predicted octanol–water partition coefficient (Wildman–Crippen LogP) is 3.17. The molecule has 122 valence electrons. The quantitative estimate of drug-likeness (QED) is 0.824. The van der Waals surface area contributed by atoms with Gasteiger partial charge in [0.25, 0.3) is 5.91 Å². The van der Waals surface area contributed by atoms with Crippen LogP contribution in [0, 0.1) is 12.8 Å². The van der Waals surface area contributed by atoms with Gasteiger partial charge in [-0.1, -0.05) is 38.1 Å². The second-order valence-electron chi connectivity index (χ2n) is 5.98. The van der Waals surface area contributed by atoms with Crippen LogP contribution in [0.15, 0.2) is 36.5 Å². The Balaban J connectivity index is 1.93. The van der Waals surface area contributed by atoms with Gasteiger partial charge in [0.15, 0.2) is 0 Å². The predicted molar refractivity (Wildman–Crippen MR) is 92.3 cm³/mol. The topological polar surface area (TPSA) is 66.9 Å².